The molecule has 5 atom stereocenters. The van der Waals surface area contributed by atoms with Crippen LogP contribution in [0.1, 0.15) is 44.7 Å². The number of ether oxygens (including phenoxy) is 3. The average Bonchev–Trinajstić information content (AvgIpc) is 3.30. The largest absolute Gasteiger partial charge is 0.466 e. The molecule has 1 spiro atoms. The van der Waals surface area contributed by atoms with Gasteiger partial charge in [0.2, 0.25) is 5.85 Å². The lowest BCUT2D eigenvalue weighted by atomic mass is 9.65. The summed E-state index contributed by atoms with van der Waals surface area (Å²) in [5, 5.41) is 0. The van der Waals surface area contributed by atoms with Crippen molar-refractivity contribution < 1.29 is 33.4 Å². The quantitative estimate of drug-likeness (QED) is 0.488. The van der Waals surface area contributed by atoms with Crippen molar-refractivity contribution in [3.63, 3.8) is 0 Å². The second-order valence-corrected chi connectivity index (χ2v) is 9.15. The van der Waals surface area contributed by atoms with E-state index in [1.54, 1.807) is 24.0 Å². The van der Waals surface area contributed by atoms with Gasteiger partial charge in [0, 0.05) is 24.6 Å². The summed E-state index contributed by atoms with van der Waals surface area (Å²) in [4.78, 5) is 57.3. The first-order valence-electron chi connectivity index (χ1n) is 11.6. The summed E-state index contributed by atoms with van der Waals surface area (Å²) < 4.78 is 16.8. The lowest BCUT2D eigenvalue weighted by Gasteiger charge is -2.56. The van der Waals surface area contributed by atoms with Crippen molar-refractivity contribution in [2.24, 2.45) is 11.8 Å². The van der Waals surface area contributed by atoms with Crippen molar-refractivity contribution >= 4 is 23.6 Å². The second kappa shape index (κ2) is 7.66. The Hall–Kier alpha value is -3.20. The van der Waals surface area contributed by atoms with Gasteiger partial charge in [0.25, 0.3) is 11.5 Å². The van der Waals surface area contributed by atoms with Crippen molar-refractivity contribution in [1.29, 1.82) is 0 Å². The molecule has 0 aromatic heterocycles. The summed E-state index contributed by atoms with van der Waals surface area (Å²) in [5.41, 5.74) is -0.471. The third kappa shape index (κ3) is 2.48. The number of nitrogens with zero attached hydrogens (tertiary/aromatic N) is 2. The number of amides is 1. The Labute approximate surface area is 197 Å². The summed E-state index contributed by atoms with van der Waals surface area (Å²) in [6.45, 7) is 3.97. The van der Waals surface area contributed by atoms with Gasteiger partial charge in [0.1, 0.15) is 5.78 Å². The lowest BCUT2D eigenvalue weighted by Crippen LogP contribution is -2.71. The molecule has 9 nitrogen and oxygen atoms in total. The van der Waals surface area contributed by atoms with E-state index in [4.69, 9.17) is 14.2 Å². The molecule has 1 aliphatic carbocycles. The second-order valence-electron chi connectivity index (χ2n) is 9.15. The van der Waals surface area contributed by atoms with Crippen LogP contribution in [0, 0.1) is 11.8 Å². The minimum absolute atomic E-state index is 0.0564. The van der Waals surface area contributed by atoms with Crippen LogP contribution in [-0.4, -0.2) is 65.6 Å². The van der Waals surface area contributed by atoms with E-state index in [9.17, 15) is 19.2 Å². The highest BCUT2D eigenvalue weighted by Crippen LogP contribution is 2.65. The molecule has 2 saturated heterocycles. The number of hydrogen-bond acceptors (Lipinski definition) is 8. The molecular formula is C25H28N2O7. The van der Waals surface area contributed by atoms with Gasteiger partial charge >= 0.3 is 11.9 Å². The van der Waals surface area contributed by atoms with Gasteiger partial charge in [-0.15, -0.1) is 0 Å². The topological polar surface area (TPSA) is 102 Å². The third-order valence-corrected chi connectivity index (χ3v) is 7.85. The average molecular weight is 469 g/mol. The van der Waals surface area contributed by atoms with E-state index in [0.717, 1.165) is 0 Å². The number of methoxy groups -OCH3 is 2. The highest BCUT2D eigenvalue weighted by Gasteiger charge is 2.84. The number of carbonyl (C=O) groups is 4. The molecule has 5 rings (SSSR count). The Morgan fingerprint density at radius 3 is 2.47 bits per heavy atom. The number of Topliss-reactive ketones (excluding diaryl/α,β-unsaturated/α-hetero) is 1. The number of esters is 2. The molecular weight excluding hydrogens is 440 g/mol. The monoisotopic (exact) mass is 468 g/mol. The van der Waals surface area contributed by atoms with E-state index in [2.05, 4.69) is 0 Å². The SMILES string of the molecule is CCN1C(C)=C(C(=O)OC)C(c2ccccc2)N2C(=O)[C@]3(C(=O)OC)O[C@@]12C1C(=O)CCCC13. The summed E-state index contributed by atoms with van der Waals surface area (Å²) in [7, 11) is 2.50. The van der Waals surface area contributed by atoms with E-state index < -0.39 is 47.2 Å². The van der Waals surface area contributed by atoms with E-state index in [0.29, 0.717) is 37.1 Å². The number of allylic oxidation sites excluding steroid dienone is 1. The Bertz CT molecular complexity index is 1120. The smallest absolute Gasteiger partial charge is 0.348 e. The predicted octanol–water partition coefficient (Wildman–Crippen LogP) is 1.93. The fraction of sp³-hybridized carbons (Fsp3) is 0.520. The molecule has 3 aliphatic heterocycles. The molecule has 4 aliphatic rings. The molecule has 34 heavy (non-hydrogen) atoms. The van der Waals surface area contributed by atoms with Crippen molar-refractivity contribution in [1.82, 2.24) is 9.80 Å². The Morgan fingerprint density at radius 1 is 1.15 bits per heavy atom. The number of rotatable bonds is 4. The van der Waals surface area contributed by atoms with Gasteiger partial charge in [-0.3, -0.25) is 14.5 Å². The number of piperidine rings is 1. The van der Waals surface area contributed by atoms with Crippen LogP contribution in [-0.2, 0) is 33.4 Å². The van der Waals surface area contributed by atoms with Gasteiger partial charge in [0.15, 0.2) is 0 Å². The minimum Gasteiger partial charge on any atom is -0.466 e. The molecule has 1 aromatic carbocycles. The van der Waals surface area contributed by atoms with Crippen molar-refractivity contribution in [3.8, 4) is 0 Å². The first-order chi connectivity index (χ1) is 16.3. The van der Waals surface area contributed by atoms with Crippen LogP contribution in [0.4, 0.5) is 0 Å². The van der Waals surface area contributed by atoms with Crippen molar-refractivity contribution in [2.45, 2.75) is 50.6 Å². The van der Waals surface area contributed by atoms with Gasteiger partial charge in [0.05, 0.1) is 31.8 Å². The van der Waals surface area contributed by atoms with Crippen LogP contribution >= 0.6 is 0 Å². The Kier molecular flexibility index (Phi) is 5.09. The molecule has 1 amide bonds. The maximum atomic E-state index is 14.3. The Balaban J connectivity index is 1.85. The molecule has 3 fully saturated rings. The van der Waals surface area contributed by atoms with E-state index in [1.165, 1.54) is 19.1 Å². The van der Waals surface area contributed by atoms with Crippen molar-refractivity contribution in [3.05, 3.63) is 47.2 Å². The Morgan fingerprint density at radius 2 is 1.85 bits per heavy atom. The maximum Gasteiger partial charge on any atom is 0.348 e. The third-order valence-electron chi connectivity index (χ3n) is 7.85. The van der Waals surface area contributed by atoms with Gasteiger partial charge in [-0.05, 0) is 32.3 Å². The lowest BCUT2D eigenvalue weighted by molar-refractivity contribution is -0.223. The minimum atomic E-state index is -1.94. The number of hydrogen-bond donors (Lipinski definition) is 0. The van der Waals surface area contributed by atoms with Crippen molar-refractivity contribution in [2.75, 3.05) is 20.8 Å². The molecule has 3 heterocycles. The normalized spacial score (nSPS) is 34.2. The summed E-state index contributed by atoms with van der Waals surface area (Å²) in [6.07, 6.45) is 1.40. The first-order valence-corrected chi connectivity index (χ1v) is 11.6. The van der Waals surface area contributed by atoms with Crippen LogP contribution in [0.5, 0.6) is 0 Å². The molecule has 3 unspecified atom stereocenters. The number of carbonyl (C=O) groups excluding carboxylic acids is 4. The standard InChI is InChI=1S/C25H28N2O7/c1-5-26-14(2)18(21(29)32-3)20(15-10-7-6-8-11-15)27-22(30)24(23(31)33-4)16-12-9-13-17(28)19(16)25(26,27)34-24/h6-8,10-11,16,19-20H,5,9,12-13H2,1-4H3/t16?,19?,20?,24-,25+/m1/s1. The van der Waals surface area contributed by atoms with E-state index in [1.807, 2.05) is 25.1 Å². The van der Waals surface area contributed by atoms with Crippen LogP contribution in [0.2, 0.25) is 0 Å². The maximum absolute atomic E-state index is 14.3. The molecule has 1 saturated carbocycles. The molecule has 1 aromatic rings. The van der Waals surface area contributed by atoms with Crippen LogP contribution in [0.15, 0.2) is 41.6 Å². The number of ketones is 1. The summed E-state index contributed by atoms with van der Waals surface area (Å²) in [5.74, 6) is -4.97. The number of fused-ring (bicyclic) bond motifs is 3. The predicted molar refractivity (Wildman–Crippen MR) is 118 cm³/mol. The molecule has 2 bridgehead atoms. The fourth-order valence-corrected chi connectivity index (χ4v) is 6.64. The van der Waals surface area contributed by atoms with E-state index >= 15 is 0 Å². The van der Waals surface area contributed by atoms with E-state index in [-0.39, 0.29) is 11.4 Å². The summed E-state index contributed by atoms with van der Waals surface area (Å²) >= 11 is 0. The van der Waals surface area contributed by atoms with Gasteiger partial charge < -0.3 is 19.1 Å². The first kappa shape index (κ1) is 22.6. The highest BCUT2D eigenvalue weighted by molar-refractivity contribution is 6.12. The number of benzene rings is 1. The molecule has 0 radical (unpaired) electrons. The van der Waals surface area contributed by atoms with Crippen LogP contribution in [0.25, 0.3) is 0 Å². The zero-order chi connectivity index (χ0) is 24.4. The molecule has 9 heteroatoms. The molecule has 0 N–H and O–H groups in total. The van der Waals surface area contributed by atoms with Crippen LogP contribution < -0.4 is 0 Å². The van der Waals surface area contributed by atoms with Crippen LogP contribution in [0.3, 0.4) is 0 Å². The fourth-order valence-electron chi connectivity index (χ4n) is 6.64. The zero-order valence-electron chi connectivity index (χ0n) is 19.7. The highest BCUT2D eigenvalue weighted by atomic mass is 16.6. The van der Waals surface area contributed by atoms with Gasteiger partial charge in [-0.2, -0.15) is 0 Å². The van der Waals surface area contributed by atoms with Gasteiger partial charge in [-0.25, -0.2) is 9.59 Å². The molecule has 180 valence electrons. The summed E-state index contributed by atoms with van der Waals surface area (Å²) in [6, 6.07) is 8.16. The van der Waals surface area contributed by atoms with Gasteiger partial charge in [-0.1, -0.05) is 30.3 Å². The zero-order valence-corrected chi connectivity index (χ0v) is 19.7.